The van der Waals surface area contributed by atoms with Crippen LogP contribution < -0.4 is 15.2 Å². The minimum absolute atomic E-state index is 0.0500. The van der Waals surface area contributed by atoms with E-state index in [0.29, 0.717) is 13.1 Å². The molecule has 0 amide bonds. The SMILES string of the molecule is CCCCCOc1ccc(CNCCS(N)(=O)=O)cc1. The summed E-state index contributed by atoms with van der Waals surface area (Å²) in [6.07, 6.45) is 3.45. The van der Waals surface area contributed by atoms with Gasteiger partial charge in [-0.3, -0.25) is 0 Å². The van der Waals surface area contributed by atoms with Crippen molar-refractivity contribution >= 4 is 10.0 Å². The third-order valence-corrected chi connectivity index (χ3v) is 3.61. The van der Waals surface area contributed by atoms with Gasteiger partial charge in [-0.15, -0.1) is 0 Å². The predicted molar refractivity (Wildman–Crippen MR) is 81.1 cm³/mol. The molecule has 0 bridgehead atoms. The molecule has 0 spiro atoms. The highest BCUT2D eigenvalue weighted by Gasteiger charge is 2.01. The van der Waals surface area contributed by atoms with E-state index in [9.17, 15) is 8.42 Å². The molecule has 5 nitrogen and oxygen atoms in total. The molecule has 0 atom stereocenters. The van der Waals surface area contributed by atoms with E-state index in [2.05, 4.69) is 12.2 Å². The normalized spacial score (nSPS) is 11.5. The summed E-state index contributed by atoms with van der Waals surface area (Å²) in [6, 6.07) is 7.81. The zero-order chi connectivity index (χ0) is 14.8. The Morgan fingerprint density at radius 3 is 2.50 bits per heavy atom. The number of primary sulfonamides is 1. The van der Waals surface area contributed by atoms with Crippen LogP contribution in [0.2, 0.25) is 0 Å². The molecule has 1 aromatic carbocycles. The van der Waals surface area contributed by atoms with Gasteiger partial charge in [-0.25, -0.2) is 13.6 Å². The number of rotatable bonds is 10. The number of nitrogens with two attached hydrogens (primary N) is 1. The van der Waals surface area contributed by atoms with Crippen molar-refractivity contribution in [3.8, 4) is 5.75 Å². The molecular formula is C14H24N2O3S. The topological polar surface area (TPSA) is 81.4 Å². The van der Waals surface area contributed by atoms with Gasteiger partial charge < -0.3 is 10.1 Å². The molecule has 0 unspecified atom stereocenters. The highest BCUT2D eigenvalue weighted by molar-refractivity contribution is 7.89. The first-order chi connectivity index (χ1) is 9.51. The van der Waals surface area contributed by atoms with E-state index in [1.807, 2.05) is 24.3 Å². The van der Waals surface area contributed by atoms with Crippen LogP contribution in [0.1, 0.15) is 31.7 Å². The Hall–Kier alpha value is -1.11. The zero-order valence-electron chi connectivity index (χ0n) is 12.0. The molecule has 3 N–H and O–H groups in total. The number of nitrogens with one attached hydrogen (secondary N) is 1. The van der Waals surface area contributed by atoms with Gasteiger partial charge in [0, 0.05) is 13.1 Å². The van der Waals surface area contributed by atoms with Crippen LogP contribution in [0.15, 0.2) is 24.3 Å². The van der Waals surface area contributed by atoms with E-state index in [-0.39, 0.29) is 5.75 Å². The fraction of sp³-hybridized carbons (Fsp3) is 0.571. The van der Waals surface area contributed by atoms with E-state index in [4.69, 9.17) is 9.88 Å². The van der Waals surface area contributed by atoms with Crippen LogP contribution in [0.3, 0.4) is 0 Å². The Balaban J connectivity index is 2.24. The van der Waals surface area contributed by atoms with Crippen LogP contribution in [0.4, 0.5) is 0 Å². The van der Waals surface area contributed by atoms with Gasteiger partial charge in [0.2, 0.25) is 10.0 Å². The van der Waals surface area contributed by atoms with E-state index in [1.165, 1.54) is 12.8 Å². The maximum absolute atomic E-state index is 10.8. The van der Waals surface area contributed by atoms with Gasteiger partial charge in [-0.1, -0.05) is 31.9 Å². The third-order valence-electron chi connectivity index (χ3n) is 2.83. The molecule has 0 aliphatic rings. The first kappa shape index (κ1) is 16.9. The first-order valence-corrected chi connectivity index (χ1v) is 8.66. The fourth-order valence-corrected chi connectivity index (χ4v) is 2.12. The average molecular weight is 300 g/mol. The van der Waals surface area contributed by atoms with Crippen molar-refractivity contribution in [2.75, 3.05) is 18.9 Å². The molecule has 0 saturated carbocycles. The summed E-state index contributed by atoms with van der Waals surface area (Å²) >= 11 is 0. The minimum atomic E-state index is -3.38. The fourth-order valence-electron chi connectivity index (χ4n) is 1.69. The lowest BCUT2D eigenvalue weighted by Gasteiger charge is -2.07. The number of hydrogen-bond donors (Lipinski definition) is 2. The largest absolute Gasteiger partial charge is 0.494 e. The van der Waals surface area contributed by atoms with Crippen molar-refractivity contribution in [3.63, 3.8) is 0 Å². The molecule has 0 aliphatic heterocycles. The van der Waals surface area contributed by atoms with Gasteiger partial charge in [0.05, 0.1) is 12.4 Å². The summed E-state index contributed by atoms with van der Waals surface area (Å²) in [5.74, 6) is 0.820. The zero-order valence-corrected chi connectivity index (χ0v) is 12.8. The monoisotopic (exact) mass is 300 g/mol. The van der Waals surface area contributed by atoms with Crippen molar-refractivity contribution in [1.82, 2.24) is 5.32 Å². The molecule has 0 radical (unpaired) electrons. The van der Waals surface area contributed by atoms with E-state index >= 15 is 0 Å². The van der Waals surface area contributed by atoms with Gasteiger partial charge in [0.1, 0.15) is 5.75 Å². The summed E-state index contributed by atoms with van der Waals surface area (Å²) in [5, 5.41) is 7.96. The second-order valence-electron chi connectivity index (χ2n) is 4.74. The van der Waals surface area contributed by atoms with Crippen molar-refractivity contribution in [2.24, 2.45) is 5.14 Å². The molecule has 6 heteroatoms. The van der Waals surface area contributed by atoms with Crippen molar-refractivity contribution in [3.05, 3.63) is 29.8 Å². The van der Waals surface area contributed by atoms with Crippen LogP contribution >= 0.6 is 0 Å². The lowest BCUT2D eigenvalue weighted by molar-refractivity contribution is 0.306. The molecule has 114 valence electrons. The first-order valence-electron chi connectivity index (χ1n) is 6.94. The Labute approximate surface area is 121 Å². The van der Waals surface area contributed by atoms with Crippen LogP contribution in [0, 0.1) is 0 Å². The van der Waals surface area contributed by atoms with Crippen molar-refractivity contribution < 1.29 is 13.2 Å². The molecule has 1 aromatic rings. The number of hydrogen-bond acceptors (Lipinski definition) is 4. The Bertz CT molecular complexity index is 472. The number of unbranched alkanes of at least 4 members (excludes halogenated alkanes) is 2. The number of benzene rings is 1. The van der Waals surface area contributed by atoms with Gasteiger partial charge in [-0.05, 0) is 24.1 Å². The van der Waals surface area contributed by atoms with E-state index < -0.39 is 10.0 Å². The van der Waals surface area contributed by atoms with Gasteiger partial charge in [0.25, 0.3) is 0 Å². The summed E-state index contributed by atoms with van der Waals surface area (Å²) in [5.41, 5.74) is 1.08. The quantitative estimate of drug-likeness (QED) is 0.644. The lowest BCUT2D eigenvalue weighted by atomic mass is 10.2. The average Bonchev–Trinajstić information content (AvgIpc) is 2.40. The van der Waals surface area contributed by atoms with Crippen molar-refractivity contribution in [2.45, 2.75) is 32.7 Å². The predicted octanol–water partition coefficient (Wildman–Crippen LogP) is 1.63. The lowest BCUT2D eigenvalue weighted by Crippen LogP contribution is -2.26. The summed E-state index contributed by atoms with van der Waals surface area (Å²) in [6.45, 7) is 3.89. The van der Waals surface area contributed by atoms with Crippen LogP contribution in [0.25, 0.3) is 0 Å². The number of ether oxygens (including phenoxy) is 1. The van der Waals surface area contributed by atoms with Crippen LogP contribution in [0.5, 0.6) is 5.75 Å². The van der Waals surface area contributed by atoms with Crippen LogP contribution in [-0.4, -0.2) is 27.3 Å². The second-order valence-corrected chi connectivity index (χ2v) is 6.48. The van der Waals surface area contributed by atoms with E-state index in [0.717, 1.165) is 24.3 Å². The van der Waals surface area contributed by atoms with Gasteiger partial charge >= 0.3 is 0 Å². The summed E-state index contributed by atoms with van der Waals surface area (Å²) in [7, 11) is -3.38. The molecule has 0 saturated heterocycles. The molecule has 0 fully saturated rings. The molecular weight excluding hydrogens is 276 g/mol. The molecule has 0 aromatic heterocycles. The smallest absolute Gasteiger partial charge is 0.210 e. The molecule has 1 rings (SSSR count). The molecule has 0 aliphatic carbocycles. The summed E-state index contributed by atoms with van der Waals surface area (Å²) < 4.78 is 27.1. The Morgan fingerprint density at radius 2 is 1.90 bits per heavy atom. The van der Waals surface area contributed by atoms with E-state index in [1.54, 1.807) is 0 Å². The van der Waals surface area contributed by atoms with Crippen LogP contribution in [-0.2, 0) is 16.6 Å². The highest BCUT2D eigenvalue weighted by Crippen LogP contribution is 2.12. The van der Waals surface area contributed by atoms with Gasteiger partial charge in [-0.2, -0.15) is 0 Å². The maximum Gasteiger partial charge on any atom is 0.210 e. The molecule has 0 heterocycles. The number of sulfonamides is 1. The second kappa shape index (κ2) is 8.94. The minimum Gasteiger partial charge on any atom is -0.494 e. The standard InChI is InChI=1S/C14H24N2O3S/c1-2-3-4-10-19-14-7-5-13(6-8-14)12-16-9-11-20(15,17)18/h5-8,16H,2-4,9-12H2,1H3,(H2,15,17,18). The Morgan fingerprint density at radius 1 is 1.20 bits per heavy atom. The Kier molecular flexibility index (Phi) is 7.58. The van der Waals surface area contributed by atoms with Gasteiger partial charge in [0.15, 0.2) is 0 Å². The third kappa shape index (κ3) is 8.14. The van der Waals surface area contributed by atoms with Crippen molar-refractivity contribution in [1.29, 1.82) is 0 Å². The maximum atomic E-state index is 10.8. The summed E-state index contributed by atoms with van der Waals surface area (Å²) in [4.78, 5) is 0. The highest BCUT2D eigenvalue weighted by atomic mass is 32.2. The molecule has 20 heavy (non-hydrogen) atoms.